The van der Waals surface area contributed by atoms with Crippen molar-refractivity contribution in [2.24, 2.45) is 0 Å². The van der Waals surface area contributed by atoms with Crippen LogP contribution in [-0.2, 0) is 20.2 Å². The van der Waals surface area contributed by atoms with Crippen molar-refractivity contribution in [3.8, 4) is 32.8 Å². The number of sulfone groups is 1. The number of aromatic nitrogens is 3. The third-order valence-corrected chi connectivity index (χ3v) is 10.4. The molecule has 0 aliphatic rings. The van der Waals surface area contributed by atoms with E-state index < -0.39 is 20.2 Å². The molecule has 2 aromatic carbocycles. The Kier molecular flexibility index (Phi) is 6.46. The fraction of sp³-hybridized carbons (Fsp3) is 0.233. The van der Waals surface area contributed by atoms with Crippen molar-refractivity contribution in [2.75, 3.05) is 6.26 Å². The summed E-state index contributed by atoms with van der Waals surface area (Å²) in [5, 5.41) is 12.2. The molecule has 5 aromatic rings. The molecule has 6 nitrogen and oxygen atoms in total. The minimum Gasteiger partial charge on any atom is -0.383 e. The molecule has 0 spiro atoms. The first kappa shape index (κ1) is 26.2. The van der Waals surface area contributed by atoms with E-state index in [0.29, 0.717) is 10.6 Å². The molecule has 0 saturated heterocycles. The summed E-state index contributed by atoms with van der Waals surface area (Å²) < 4.78 is 24.3. The fourth-order valence-electron chi connectivity index (χ4n) is 4.28. The van der Waals surface area contributed by atoms with Crippen molar-refractivity contribution in [1.82, 2.24) is 15.0 Å². The van der Waals surface area contributed by atoms with E-state index in [9.17, 15) is 13.5 Å². The number of fused-ring (bicyclic) bond motifs is 1. The zero-order chi connectivity index (χ0) is 27.3. The van der Waals surface area contributed by atoms with Gasteiger partial charge in [-0.2, -0.15) is 0 Å². The maximum atomic E-state index is 12.7. The van der Waals surface area contributed by atoms with Gasteiger partial charge in [0.1, 0.15) is 10.6 Å². The van der Waals surface area contributed by atoms with Gasteiger partial charge in [0.15, 0.2) is 9.84 Å². The largest absolute Gasteiger partial charge is 0.383 e. The molecule has 0 bridgehead atoms. The van der Waals surface area contributed by atoms with Gasteiger partial charge >= 0.3 is 0 Å². The van der Waals surface area contributed by atoms with Crippen LogP contribution in [0.1, 0.15) is 38.3 Å². The van der Waals surface area contributed by atoms with Crippen molar-refractivity contribution in [2.45, 2.75) is 38.0 Å². The van der Waals surface area contributed by atoms with Gasteiger partial charge in [0, 0.05) is 41.4 Å². The molecule has 3 heterocycles. The molecule has 194 valence electrons. The molecular formula is C30H29N3O3S2. The van der Waals surface area contributed by atoms with Gasteiger partial charge in [0.25, 0.3) is 0 Å². The monoisotopic (exact) mass is 543 g/mol. The SMILES string of the molecule is CC(C)(O)c1nc(-c2ccncc2)c(-c2cccc(-c3cc(C(C)(C)S(C)(=O)=O)cc4cccnc34)c2)s1. The summed E-state index contributed by atoms with van der Waals surface area (Å²) >= 11 is 1.46. The Hall–Kier alpha value is -3.46. The highest BCUT2D eigenvalue weighted by atomic mass is 32.2. The van der Waals surface area contributed by atoms with E-state index in [1.165, 1.54) is 17.6 Å². The number of pyridine rings is 2. The van der Waals surface area contributed by atoms with Crippen molar-refractivity contribution in [3.05, 3.63) is 89.8 Å². The summed E-state index contributed by atoms with van der Waals surface area (Å²) in [6.07, 6.45) is 6.47. The second-order valence-electron chi connectivity index (χ2n) is 10.5. The number of aliphatic hydroxyl groups is 1. The molecule has 0 fully saturated rings. The molecule has 38 heavy (non-hydrogen) atoms. The van der Waals surface area contributed by atoms with E-state index in [2.05, 4.69) is 16.0 Å². The molecule has 0 aliphatic carbocycles. The number of thiazole rings is 1. The third kappa shape index (κ3) is 4.75. The molecule has 0 saturated carbocycles. The second kappa shape index (κ2) is 9.38. The molecule has 0 atom stereocenters. The van der Waals surface area contributed by atoms with Gasteiger partial charge in [-0.1, -0.05) is 24.3 Å². The Labute approximate surface area is 227 Å². The first-order valence-electron chi connectivity index (χ1n) is 12.2. The van der Waals surface area contributed by atoms with Gasteiger partial charge in [-0.25, -0.2) is 13.4 Å². The predicted octanol–water partition coefficient (Wildman–Crippen LogP) is 6.59. The maximum Gasteiger partial charge on any atom is 0.156 e. The Balaban J connectivity index is 1.73. The topological polar surface area (TPSA) is 93.0 Å². The van der Waals surface area contributed by atoms with E-state index in [0.717, 1.165) is 43.7 Å². The maximum absolute atomic E-state index is 12.7. The van der Waals surface area contributed by atoms with Gasteiger partial charge in [-0.15, -0.1) is 11.3 Å². The van der Waals surface area contributed by atoms with Crippen LogP contribution in [0.25, 0.3) is 43.7 Å². The fourth-order valence-corrected chi connectivity index (χ4v) is 5.92. The average molecular weight is 544 g/mol. The lowest BCUT2D eigenvalue weighted by molar-refractivity contribution is 0.0783. The molecule has 0 radical (unpaired) electrons. The third-order valence-electron chi connectivity index (χ3n) is 6.87. The summed E-state index contributed by atoms with van der Waals surface area (Å²) in [4.78, 5) is 14.5. The van der Waals surface area contributed by atoms with Crippen LogP contribution in [-0.4, -0.2) is 34.7 Å². The number of nitrogens with zero attached hydrogens (tertiary/aromatic N) is 3. The average Bonchev–Trinajstić information content (AvgIpc) is 3.34. The van der Waals surface area contributed by atoms with E-state index in [1.807, 2.05) is 54.6 Å². The van der Waals surface area contributed by atoms with E-state index in [1.54, 1.807) is 46.3 Å². The number of hydrogen-bond acceptors (Lipinski definition) is 7. The Morgan fingerprint density at radius 3 is 2.24 bits per heavy atom. The standard InChI is InChI=1S/C30H29N3O3S2/c1-29(2,34)28-33-26(19-11-14-31-15-12-19)27(37-28)22-9-6-8-20(16-22)24-18-23(30(3,4)38(5,35)36)17-21-10-7-13-32-25(21)24/h6-18,34H,1-5H3. The van der Waals surface area contributed by atoms with Crippen LogP contribution in [0.3, 0.4) is 0 Å². The number of hydrogen-bond donors (Lipinski definition) is 1. The molecule has 3 aromatic heterocycles. The highest BCUT2D eigenvalue weighted by Gasteiger charge is 2.33. The quantitative estimate of drug-likeness (QED) is 0.260. The predicted molar refractivity (Wildman–Crippen MR) is 155 cm³/mol. The molecule has 1 N–H and O–H groups in total. The van der Waals surface area contributed by atoms with Crippen LogP contribution in [0.5, 0.6) is 0 Å². The molecule has 5 rings (SSSR count). The summed E-state index contributed by atoms with van der Waals surface area (Å²) in [6, 6.07) is 19.6. The molecule has 8 heteroatoms. The Morgan fingerprint density at radius 1 is 0.842 bits per heavy atom. The molecule has 0 amide bonds. The Bertz CT molecular complexity index is 1750. The molecular weight excluding hydrogens is 514 g/mol. The molecule has 0 unspecified atom stereocenters. The lowest BCUT2D eigenvalue weighted by Gasteiger charge is -2.24. The van der Waals surface area contributed by atoms with Crippen molar-refractivity contribution in [3.63, 3.8) is 0 Å². The highest BCUT2D eigenvalue weighted by Crippen LogP contribution is 2.42. The van der Waals surface area contributed by atoms with Gasteiger partial charge in [-0.05, 0) is 80.8 Å². The summed E-state index contributed by atoms with van der Waals surface area (Å²) in [5.41, 5.74) is 4.82. The van der Waals surface area contributed by atoms with Crippen LogP contribution in [0.4, 0.5) is 0 Å². The minimum atomic E-state index is -3.38. The van der Waals surface area contributed by atoms with Crippen molar-refractivity contribution >= 4 is 32.1 Å². The van der Waals surface area contributed by atoms with Gasteiger partial charge < -0.3 is 5.11 Å². The van der Waals surface area contributed by atoms with Gasteiger partial charge in [0.05, 0.1) is 20.8 Å². The summed E-state index contributed by atoms with van der Waals surface area (Å²) in [7, 11) is -3.38. The first-order valence-corrected chi connectivity index (χ1v) is 14.9. The van der Waals surface area contributed by atoms with Crippen molar-refractivity contribution in [1.29, 1.82) is 0 Å². The van der Waals surface area contributed by atoms with Crippen LogP contribution in [0.2, 0.25) is 0 Å². The van der Waals surface area contributed by atoms with Crippen LogP contribution in [0.15, 0.2) is 79.3 Å². The summed E-state index contributed by atoms with van der Waals surface area (Å²) in [6.45, 7) is 6.93. The number of benzene rings is 2. The lowest BCUT2D eigenvalue weighted by atomic mass is 9.92. The van der Waals surface area contributed by atoms with Crippen LogP contribution < -0.4 is 0 Å². The zero-order valence-corrected chi connectivity index (χ0v) is 23.6. The van der Waals surface area contributed by atoms with Crippen LogP contribution >= 0.6 is 11.3 Å². The van der Waals surface area contributed by atoms with Crippen LogP contribution in [0, 0.1) is 0 Å². The smallest absolute Gasteiger partial charge is 0.156 e. The second-order valence-corrected chi connectivity index (χ2v) is 14.0. The zero-order valence-electron chi connectivity index (χ0n) is 21.9. The minimum absolute atomic E-state index is 0.619. The first-order chi connectivity index (χ1) is 17.9. The van der Waals surface area contributed by atoms with E-state index in [4.69, 9.17) is 4.98 Å². The highest BCUT2D eigenvalue weighted by molar-refractivity contribution is 7.91. The Morgan fingerprint density at radius 2 is 1.55 bits per heavy atom. The van der Waals surface area contributed by atoms with E-state index >= 15 is 0 Å². The molecule has 0 aliphatic heterocycles. The van der Waals surface area contributed by atoms with E-state index in [-0.39, 0.29) is 0 Å². The van der Waals surface area contributed by atoms with Gasteiger partial charge in [-0.3, -0.25) is 9.97 Å². The normalized spacial score (nSPS) is 12.7. The lowest BCUT2D eigenvalue weighted by Crippen LogP contribution is -2.28. The summed E-state index contributed by atoms with van der Waals surface area (Å²) in [5.74, 6) is 0. The van der Waals surface area contributed by atoms with Gasteiger partial charge in [0.2, 0.25) is 0 Å². The van der Waals surface area contributed by atoms with Crippen molar-refractivity contribution < 1.29 is 13.5 Å². The number of rotatable bonds is 6.